The number of aliphatic carboxylic acids is 1. The van der Waals surface area contributed by atoms with E-state index in [1.54, 1.807) is 0 Å². The maximum Gasteiger partial charge on any atom is 0.416 e. The molecule has 1 amide bonds. The summed E-state index contributed by atoms with van der Waals surface area (Å²) in [5, 5.41) is 12.5. The Morgan fingerprint density at radius 3 is 2.43 bits per heavy atom. The van der Waals surface area contributed by atoms with Gasteiger partial charge in [-0.15, -0.1) is 0 Å². The first-order valence-corrected chi connectivity index (χ1v) is 9.02. The second-order valence-electron chi connectivity index (χ2n) is 6.44. The van der Waals surface area contributed by atoms with Crippen molar-refractivity contribution in [2.24, 2.45) is 0 Å². The minimum Gasteiger partial charge on any atom is -0.481 e. The summed E-state index contributed by atoms with van der Waals surface area (Å²) in [5.41, 5.74) is 0.678. The second-order valence-corrected chi connectivity index (χ2v) is 6.44. The van der Waals surface area contributed by atoms with Gasteiger partial charge in [0.25, 0.3) is 5.91 Å². The number of aromatic nitrogens is 2. The minimum atomic E-state index is -4.49. The van der Waals surface area contributed by atoms with Gasteiger partial charge in [0.05, 0.1) is 17.9 Å². The van der Waals surface area contributed by atoms with Crippen LogP contribution in [0.15, 0.2) is 35.1 Å². The van der Waals surface area contributed by atoms with Gasteiger partial charge in [-0.1, -0.05) is 6.42 Å². The lowest BCUT2D eigenvalue weighted by atomic mass is 10.2. The standard InChI is InChI=1S/C19H20F3N3O5/c1-12-11-15(26)17(18(29)24-30-10-4-2-3-5-16(27)28)23-25(12)14-8-6-13(7-9-14)19(20,21)22/h6-9,11H,2-5,10H2,1H3,(H,24,29)(H,27,28). The molecule has 2 N–H and O–H groups in total. The monoisotopic (exact) mass is 427 g/mol. The summed E-state index contributed by atoms with van der Waals surface area (Å²) in [7, 11) is 0. The van der Waals surface area contributed by atoms with Crippen molar-refractivity contribution >= 4 is 11.9 Å². The first-order valence-electron chi connectivity index (χ1n) is 9.02. The Balaban J connectivity index is 2.04. The van der Waals surface area contributed by atoms with Gasteiger partial charge in [0, 0.05) is 18.2 Å². The summed E-state index contributed by atoms with van der Waals surface area (Å²) in [6, 6.07) is 5.26. The van der Waals surface area contributed by atoms with Crippen molar-refractivity contribution in [3.8, 4) is 5.69 Å². The Hall–Kier alpha value is -3.21. The number of hydrogen-bond donors (Lipinski definition) is 2. The molecule has 0 spiro atoms. The van der Waals surface area contributed by atoms with E-state index < -0.39 is 34.7 Å². The molecule has 30 heavy (non-hydrogen) atoms. The summed E-state index contributed by atoms with van der Waals surface area (Å²) < 4.78 is 39.3. The Morgan fingerprint density at radius 2 is 1.83 bits per heavy atom. The maximum absolute atomic E-state index is 12.7. The van der Waals surface area contributed by atoms with Gasteiger partial charge < -0.3 is 5.11 Å². The van der Waals surface area contributed by atoms with Crippen molar-refractivity contribution in [1.82, 2.24) is 15.3 Å². The van der Waals surface area contributed by atoms with Crippen molar-refractivity contribution in [3.05, 3.63) is 57.5 Å². The number of amides is 1. The van der Waals surface area contributed by atoms with Crippen molar-refractivity contribution in [2.45, 2.75) is 38.8 Å². The average Bonchev–Trinajstić information content (AvgIpc) is 2.66. The fraction of sp³-hybridized carbons (Fsp3) is 0.368. The van der Waals surface area contributed by atoms with E-state index in [0.717, 1.165) is 18.2 Å². The number of nitrogens with zero attached hydrogens (tertiary/aromatic N) is 2. The summed E-state index contributed by atoms with van der Waals surface area (Å²) in [5.74, 6) is -1.79. The van der Waals surface area contributed by atoms with E-state index >= 15 is 0 Å². The van der Waals surface area contributed by atoms with Crippen LogP contribution in [0.2, 0.25) is 0 Å². The summed E-state index contributed by atoms with van der Waals surface area (Å²) in [6.45, 7) is 1.64. The van der Waals surface area contributed by atoms with E-state index in [2.05, 4.69) is 10.6 Å². The molecule has 2 aromatic rings. The third-order valence-corrected chi connectivity index (χ3v) is 4.06. The molecule has 0 radical (unpaired) electrons. The van der Waals surface area contributed by atoms with E-state index in [0.29, 0.717) is 25.0 Å². The van der Waals surface area contributed by atoms with E-state index in [4.69, 9.17) is 9.94 Å². The average molecular weight is 427 g/mol. The van der Waals surface area contributed by atoms with Gasteiger partial charge in [0.15, 0.2) is 5.69 Å². The van der Waals surface area contributed by atoms with Crippen molar-refractivity contribution in [2.75, 3.05) is 6.61 Å². The first-order chi connectivity index (χ1) is 14.1. The van der Waals surface area contributed by atoms with Crippen LogP contribution in [-0.4, -0.2) is 33.4 Å². The molecule has 0 fully saturated rings. The van der Waals surface area contributed by atoms with Gasteiger partial charge in [-0.3, -0.25) is 19.2 Å². The highest BCUT2D eigenvalue weighted by molar-refractivity contribution is 5.91. The fourth-order valence-corrected chi connectivity index (χ4v) is 2.55. The number of nitrogens with one attached hydrogen (secondary N) is 1. The highest BCUT2D eigenvalue weighted by Gasteiger charge is 2.30. The van der Waals surface area contributed by atoms with Gasteiger partial charge >= 0.3 is 12.1 Å². The molecule has 0 unspecified atom stereocenters. The minimum absolute atomic E-state index is 0.0448. The number of carbonyl (C=O) groups is 2. The molecule has 0 bridgehead atoms. The number of carbonyl (C=O) groups excluding carboxylic acids is 1. The molecule has 162 valence electrons. The predicted molar refractivity (Wildman–Crippen MR) is 99.1 cm³/mol. The molecule has 2 rings (SSSR count). The summed E-state index contributed by atoms with van der Waals surface area (Å²) >= 11 is 0. The number of carboxylic acids is 1. The lowest BCUT2D eigenvalue weighted by Crippen LogP contribution is -2.32. The quantitative estimate of drug-likeness (QED) is 0.470. The first kappa shape index (κ1) is 23.1. The van der Waals surface area contributed by atoms with Crippen LogP contribution in [0.25, 0.3) is 5.69 Å². The van der Waals surface area contributed by atoms with Crippen molar-refractivity contribution in [3.63, 3.8) is 0 Å². The topological polar surface area (TPSA) is 111 Å². The van der Waals surface area contributed by atoms with Crippen molar-refractivity contribution < 1.29 is 32.7 Å². The van der Waals surface area contributed by atoms with Gasteiger partial charge in [-0.2, -0.15) is 18.3 Å². The van der Waals surface area contributed by atoms with Crippen LogP contribution in [0, 0.1) is 6.92 Å². The number of carboxylic acid groups (broad SMARTS) is 1. The molecule has 0 atom stereocenters. The van der Waals surface area contributed by atoms with Crippen molar-refractivity contribution in [1.29, 1.82) is 0 Å². The Bertz CT molecular complexity index is 955. The molecule has 1 aromatic heterocycles. The number of rotatable bonds is 9. The smallest absolute Gasteiger partial charge is 0.416 e. The Kier molecular flexibility index (Phi) is 7.70. The molecule has 0 saturated heterocycles. The molecular weight excluding hydrogens is 407 g/mol. The van der Waals surface area contributed by atoms with Crippen LogP contribution in [0.5, 0.6) is 0 Å². The second kappa shape index (κ2) is 10.0. The number of hydrogen-bond acceptors (Lipinski definition) is 5. The van der Waals surface area contributed by atoms with Gasteiger partial charge in [0.1, 0.15) is 0 Å². The maximum atomic E-state index is 12.7. The highest BCUT2D eigenvalue weighted by Crippen LogP contribution is 2.29. The zero-order valence-corrected chi connectivity index (χ0v) is 16.0. The number of hydroxylamine groups is 1. The summed E-state index contributed by atoms with van der Waals surface area (Å²) in [6.07, 6.45) is -2.87. The lowest BCUT2D eigenvalue weighted by Gasteiger charge is -2.13. The SMILES string of the molecule is Cc1cc(=O)c(C(=O)NOCCCCCC(=O)O)nn1-c1ccc(C(F)(F)F)cc1. The Morgan fingerprint density at radius 1 is 1.17 bits per heavy atom. The fourth-order valence-electron chi connectivity index (χ4n) is 2.55. The lowest BCUT2D eigenvalue weighted by molar-refractivity contribution is -0.138. The van der Waals surface area contributed by atoms with Crippen LogP contribution >= 0.6 is 0 Å². The molecule has 0 aliphatic heterocycles. The third-order valence-electron chi connectivity index (χ3n) is 4.06. The number of aryl methyl sites for hydroxylation is 1. The van der Waals surface area contributed by atoms with E-state index in [9.17, 15) is 27.6 Å². The zero-order valence-electron chi connectivity index (χ0n) is 16.0. The van der Waals surface area contributed by atoms with Crippen LogP contribution < -0.4 is 10.9 Å². The molecule has 0 aliphatic rings. The largest absolute Gasteiger partial charge is 0.481 e. The molecule has 0 aliphatic carbocycles. The van der Waals surface area contributed by atoms with Crippen LogP contribution in [0.4, 0.5) is 13.2 Å². The molecule has 8 nitrogen and oxygen atoms in total. The third kappa shape index (κ3) is 6.41. The Labute approximate surface area is 169 Å². The molecule has 1 heterocycles. The number of halogens is 3. The number of unbranched alkanes of at least 4 members (excludes halogenated alkanes) is 2. The predicted octanol–water partition coefficient (Wildman–Crippen LogP) is 2.87. The summed E-state index contributed by atoms with van der Waals surface area (Å²) in [4.78, 5) is 39.7. The normalized spacial score (nSPS) is 11.3. The van der Waals surface area contributed by atoms with E-state index in [1.807, 2.05) is 0 Å². The van der Waals surface area contributed by atoms with Gasteiger partial charge in [-0.25, -0.2) is 10.2 Å². The molecular formula is C19H20F3N3O5. The van der Waals surface area contributed by atoms with Crippen LogP contribution in [-0.2, 0) is 15.8 Å². The van der Waals surface area contributed by atoms with E-state index in [1.165, 1.54) is 23.7 Å². The van der Waals surface area contributed by atoms with E-state index in [-0.39, 0.29) is 18.7 Å². The van der Waals surface area contributed by atoms with Gasteiger partial charge in [0.2, 0.25) is 5.43 Å². The number of benzene rings is 1. The van der Waals surface area contributed by atoms with Crippen LogP contribution in [0.1, 0.15) is 47.4 Å². The van der Waals surface area contributed by atoms with Gasteiger partial charge in [-0.05, 0) is 44.0 Å². The molecule has 11 heteroatoms. The number of alkyl halides is 3. The zero-order chi connectivity index (χ0) is 22.3. The molecule has 1 aromatic carbocycles. The molecule has 0 saturated carbocycles. The highest BCUT2D eigenvalue weighted by atomic mass is 19.4. The van der Waals surface area contributed by atoms with Crippen LogP contribution in [0.3, 0.4) is 0 Å².